The van der Waals surface area contributed by atoms with Gasteiger partial charge in [-0.3, -0.25) is 9.36 Å². The van der Waals surface area contributed by atoms with Crippen LogP contribution in [-0.4, -0.2) is 41.8 Å². The van der Waals surface area contributed by atoms with E-state index in [0.29, 0.717) is 31.1 Å². The molecule has 1 amide bonds. The van der Waals surface area contributed by atoms with Crippen molar-refractivity contribution >= 4 is 17.0 Å². The van der Waals surface area contributed by atoms with Gasteiger partial charge in [-0.05, 0) is 35.2 Å². The average molecular weight is 432 g/mol. The van der Waals surface area contributed by atoms with Gasteiger partial charge in [0.25, 0.3) is 0 Å². The number of aromatic nitrogens is 1. The van der Waals surface area contributed by atoms with Gasteiger partial charge in [-0.1, -0.05) is 30.3 Å². The molecule has 0 saturated carbocycles. The van der Waals surface area contributed by atoms with E-state index in [-0.39, 0.29) is 23.7 Å². The van der Waals surface area contributed by atoms with Crippen molar-refractivity contribution in [1.29, 1.82) is 5.26 Å². The summed E-state index contributed by atoms with van der Waals surface area (Å²) < 4.78 is 12.1. The van der Waals surface area contributed by atoms with Crippen LogP contribution in [0.4, 0.5) is 0 Å². The zero-order chi connectivity index (χ0) is 22.2. The number of amides is 1. The average Bonchev–Trinajstić information content (AvgIpc) is 3.48. The zero-order valence-corrected chi connectivity index (χ0v) is 17.7. The van der Waals surface area contributed by atoms with Gasteiger partial charge in [0.1, 0.15) is 6.04 Å². The summed E-state index contributed by atoms with van der Waals surface area (Å²) >= 11 is 0. The minimum Gasteiger partial charge on any atom is -0.408 e. The van der Waals surface area contributed by atoms with Gasteiger partial charge in [0.05, 0.1) is 30.8 Å². The zero-order valence-electron chi connectivity index (χ0n) is 17.7. The third-order valence-electron chi connectivity index (χ3n) is 6.46. The summed E-state index contributed by atoms with van der Waals surface area (Å²) in [5.41, 5.74) is 4.21. The van der Waals surface area contributed by atoms with Crippen LogP contribution in [-0.2, 0) is 23.0 Å². The van der Waals surface area contributed by atoms with Gasteiger partial charge in [-0.25, -0.2) is 4.79 Å². The van der Waals surface area contributed by atoms with Gasteiger partial charge in [-0.15, -0.1) is 0 Å². The predicted octanol–water partition coefficient (Wildman–Crippen LogP) is 1.73. The van der Waals surface area contributed by atoms with Crippen LogP contribution in [0.2, 0.25) is 0 Å². The maximum atomic E-state index is 12.6. The molecule has 5 rings (SSSR count). The molecule has 3 heterocycles. The topological polar surface area (TPSA) is 109 Å². The minimum absolute atomic E-state index is 0.124. The Hall–Kier alpha value is -3.41. The van der Waals surface area contributed by atoms with Crippen molar-refractivity contribution in [3.8, 4) is 17.2 Å². The maximum Gasteiger partial charge on any atom is 0.419 e. The fraction of sp³-hybridized carbons (Fsp3) is 0.375. The number of aryl methyl sites for hydroxylation is 1. The van der Waals surface area contributed by atoms with Crippen LogP contribution in [0.25, 0.3) is 22.2 Å². The number of carbonyl (C=O) groups excluding carboxylic acids is 1. The number of carbonyl (C=O) groups is 1. The van der Waals surface area contributed by atoms with E-state index >= 15 is 0 Å². The molecule has 8 heteroatoms. The Kier molecular flexibility index (Phi) is 5.29. The van der Waals surface area contributed by atoms with Crippen molar-refractivity contribution in [3.63, 3.8) is 0 Å². The first-order chi connectivity index (χ1) is 15.5. The van der Waals surface area contributed by atoms with Gasteiger partial charge in [0, 0.05) is 25.4 Å². The number of nitrogens with zero attached hydrogens (tertiary/aromatic N) is 2. The van der Waals surface area contributed by atoms with Crippen molar-refractivity contribution in [3.05, 3.63) is 58.6 Å². The number of oxazole rings is 1. The second-order valence-electron chi connectivity index (χ2n) is 8.56. The van der Waals surface area contributed by atoms with Crippen LogP contribution >= 0.6 is 0 Å². The molecule has 164 valence electrons. The van der Waals surface area contributed by atoms with Gasteiger partial charge in [0.2, 0.25) is 5.91 Å². The lowest BCUT2D eigenvalue weighted by atomic mass is 10.00. The Morgan fingerprint density at radius 2 is 2.03 bits per heavy atom. The van der Waals surface area contributed by atoms with Crippen molar-refractivity contribution in [2.24, 2.45) is 13.0 Å². The number of nitrogens with one attached hydrogen (secondary N) is 2. The number of fused-ring (bicyclic) bond motifs is 2. The van der Waals surface area contributed by atoms with Gasteiger partial charge in [0.15, 0.2) is 5.58 Å². The van der Waals surface area contributed by atoms with Crippen LogP contribution < -0.4 is 16.4 Å². The summed E-state index contributed by atoms with van der Waals surface area (Å²) in [4.78, 5) is 24.3. The largest absolute Gasteiger partial charge is 0.419 e. The van der Waals surface area contributed by atoms with E-state index in [2.05, 4.69) is 16.7 Å². The highest BCUT2D eigenvalue weighted by atomic mass is 16.5. The van der Waals surface area contributed by atoms with E-state index in [4.69, 9.17) is 9.15 Å². The Morgan fingerprint density at radius 1 is 1.25 bits per heavy atom. The minimum atomic E-state index is -0.594. The molecule has 0 spiro atoms. The molecule has 0 bridgehead atoms. The fourth-order valence-corrected chi connectivity index (χ4v) is 4.60. The number of hydrogen-bond donors (Lipinski definition) is 2. The fourth-order valence-electron chi connectivity index (χ4n) is 4.60. The lowest BCUT2D eigenvalue weighted by molar-refractivity contribution is -0.123. The number of ether oxygens (including phenoxy) is 1. The molecular weight excluding hydrogens is 408 g/mol. The van der Waals surface area contributed by atoms with Crippen LogP contribution in [0.5, 0.6) is 0 Å². The van der Waals surface area contributed by atoms with Crippen LogP contribution in [0, 0.1) is 17.2 Å². The van der Waals surface area contributed by atoms with Crippen molar-refractivity contribution in [1.82, 2.24) is 15.2 Å². The molecular formula is C24H24N4O4. The van der Waals surface area contributed by atoms with Crippen LogP contribution in [0.15, 0.2) is 51.7 Å². The smallest absolute Gasteiger partial charge is 0.408 e. The SMILES string of the molecule is Cn1c(=O)oc2ccc(-c3ccc(C[C@@H](C#N)NC(=O)[C@@H]4C[C@H]5COC[C@H]5N4)cc3)cc21. The first-order valence-corrected chi connectivity index (χ1v) is 10.7. The molecule has 2 aliphatic heterocycles. The second kappa shape index (κ2) is 8.26. The third kappa shape index (κ3) is 3.81. The van der Waals surface area contributed by atoms with Crippen LogP contribution in [0.1, 0.15) is 12.0 Å². The summed E-state index contributed by atoms with van der Waals surface area (Å²) in [5.74, 6) is -0.134. The van der Waals surface area contributed by atoms with E-state index < -0.39 is 6.04 Å². The standard InChI is InChI=1S/C24H24N4O4/c1-28-21-10-16(6-7-22(21)32-24(28)30)15-4-2-14(3-5-15)8-18(11-25)26-23(29)19-9-17-12-31-13-20(17)27-19/h2-7,10,17-20,27H,8-9,12-13H2,1H3,(H,26,29)/t17-,18-,19-,20+/m0/s1. The molecule has 1 aromatic heterocycles. The second-order valence-corrected chi connectivity index (χ2v) is 8.56. The summed E-state index contributed by atoms with van der Waals surface area (Å²) in [6, 6.07) is 15.1. The normalized spacial score (nSPS) is 23.1. The van der Waals surface area contributed by atoms with E-state index in [1.807, 2.05) is 36.4 Å². The van der Waals surface area contributed by atoms with E-state index in [0.717, 1.165) is 28.6 Å². The van der Waals surface area contributed by atoms with Crippen molar-refractivity contribution < 1.29 is 13.9 Å². The highest BCUT2D eigenvalue weighted by Crippen LogP contribution is 2.27. The molecule has 2 fully saturated rings. The Bertz CT molecular complexity index is 1240. The quantitative estimate of drug-likeness (QED) is 0.636. The molecule has 0 radical (unpaired) electrons. The number of hydrogen-bond acceptors (Lipinski definition) is 6. The molecule has 32 heavy (non-hydrogen) atoms. The van der Waals surface area contributed by atoms with Gasteiger partial charge < -0.3 is 19.8 Å². The van der Waals surface area contributed by atoms with E-state index in [9.17, 15) is 14.9 Å². The van der Waals surface area contributed by atoms with E-state index in [1.54, 1.807) is 13.1 Å². The molecule has 3 aromatic rings. The summed E-state index contributed by atoms with van der Waals surface area (Å²) in [5, 5.41) is 15.8. The number of nitriles is 1. The Morgan fingerprint density at radius 3 is 2.78 bits per heavy atom. The molecule has 4 atom stereocenters. The van der Waals surface area contributed by atoms with Crippen molar-refractivity contribution in [2.45, 2.75) is 31.0 Å². The monoisotopic (exact) mass is 432 g/mol. The summed E-state index contributed by atoms with van der Waals surface area (Å²) in [6.45, 7) is 1.34. The molecule has 2 aliphatic rings. The number of rotatable bonds is 5. The van der Waals surface area contributed by atoms with E-state index in [1.165, 1.54) is 4.57 Å². The lowest BCUT2D eigenvalue weighted by Gasteiger charge is -2.17. The molecule has 8 nitrogen and oxygen atoms in total. The van der Waals surface area contributed by atoms with Gasteiger partial charge in [-0.2, -0.15) is 5.26 Å². The highest BCUT2D eigenvalue weighted by molar-refractivity contribution is 5.83. The molecule has 0 aliphatic carbocycles. The third-order valence-corrected chi connectivity index (χ3v) is 6.46. The number of benzene rings is 2. The first-order valence-electron chi connectivity index (χ1n) is 10.7. The summed E-state index contributed by atoms with van der Waals surface area (Å²) in [7, 11) is 1.68. The first kappa shape index (κ1) is 20.5. The Balaban J connectivity index is 1.24. The van der Waals surface area contributed by atoms with Gasteiger partial charge >= 0.3 is 5.76 Å². The van der Waals surface area contributed by atoms with Crippen LogP contribution in [0.3, 0.4) is 0 Å². The predicted molar refractivity (Wildman–Crippen MR) is 118 cm³/mol. The molecule has 2 aromatic carbocycles. The molecule has 2 N–H and O–H groups in total. The molecule has 0 unspecified atom stereocenters. The molecule has 2 saturated heterocycles. The summed E-state index contributed by atoms with van der Waals surface area (Å²) in [6.07, 6.45) is 1.18. The Labute approximate surface area is 184 Å². The lowest BCUT2D eigenvalue weighted by Crippen LogP contribution is -2.47. The maximum absolute atomic E-state index is 12.6. The highest BCUT2D eigenvalue weighted by Gasteiger charge is 2.40. The van der Waals surface area contributed by atoms with Crippen molar-refractivity contribution in [2.75, 3.05) is 13.2 Å².